The maximum atomic E-state index is 11.9. The summed E-state index contributed by atoms with van der Waals surface area (Å²) < 4.78 is 22.7. The maximum Gasteiger partial charge on any atom is 0.319 e. The Labute approximate surface area is 99.3 Å². The molecule has 1 aliphatic carbocycles. The monoisotopic (exact) mass is 261 g/mol. The van der Waals surface area contributed by atoms with Gasteiger partial charge in [-0.05, 0) is 26.2 Å². The summed E-state index contributed by atoms with van der Waals surface area (Å²) in [6, 6.07) is 0. The summed E-state index contributed by atoms with van der Waals surface area (Å²) in [6.07, 6.45) is 1.00. The Hall–Kier alpha value is -1.11. The van der Waals surface area contributed by atoms with Crippen LogP contribution < -0.4 is 5.32 Å². The van der Waals surface area contributed by atoms with Crippen LogP contribution in [0.15, 0.2) is 0 Å². The molecule has 96 valence electrons. The summed E-state index contributed by atoms with van der Waals surface area (Å²) in [5.74, 6) is -1.74. The van der Waals surface area contributed by atoms with E-state index in [9.17, 15) is 18.0 Å². The second kappa shape index (κ2) is 3.44. The average molecular weight is 261 g/mol. The number of hydrogen-bond acceptors (Lipinski definition) is 4. The van der Waals surface area contributed by atoms with Gasteiger partial charge in [0.1, 0.15) is 5.41 Å². The molecule has 0 bridgehead atoms. The molecular formula is C10H15NO5S. The van der Waals surface area contributed by atoms with Gasteiger partial charge in [-0.15, -0.1) is 0 Å². The minimum absolute atomic E-state index is 0.0455. The first-order chi connectivity index (χ1) is 7.69. The molecule has 0 aromatic carbocycles. The Bertz CT molecular complexity index is 479. The lowest BCUT2D eigenvalue weighted by molar-refractivity contribution is -0.149. The predicted molar refractivity (Wildman–Crippen MR) is 59.1 cm³/mol. The number of nitrogens with one attached hydrogen (secondary N) is 1. The molecule has 1 aliphatic heterocycles. The number of carbonyl (C=O) groups excluding carboxylic acids is 1. The Morgan fingerprint density at radius 3 is 2.18 bits per heavy atom. The van der Waals surface area contributed by atoms with Crippen LogP contribution in [0.2, 0.25) is 0 Å². The van der Waals surface area contributed by atoms with Crippen molar-refractivity contribution in [1.82, 2.24) is 5.32 Å². The van der Waals surface area contributed by atoms with Gasteiger partial charge in [-0.3, -0.25) is 9.59 Å². The van der Waals surface area contributed by atoms with Gasteiger partial charge in [0.05, 0.1) is 17.0 Å². The molecule has 0 aromatic heterocycles. The van der Waals surface area contributed by atoms with Crippen LogP contribution in [0.1, 0.15) is 26.2 Å². The largest absolute Gasteiger partial charge is 0.480 e. The Kier molecular flexibility index (Phi) is 2.50. The molecule has 0 radical (unpaired) electrons. The van der Waals surface area contributed by atoms with E-state index in [2.05, 4.69) is 5.32 Å². The summed E-state index contributed by atoms with van der Waals surface area (Å²) >= 11 is 0. The van der Waals surface area contributed by atoms with Gasteiger partial charge in [-0.2, -0.15) is 0 Å². The Morgan fingerprint density at radius 1 is 1.24 bits per heavy atom. The standard InChI is InChI=1S/C10H15NO5S/c1-9(4-5-17(15,16)6-9)11-7(12)10(2-3-10)8(13)14/h2-6H2,1H3,(H,11,12)(H,13,14). The number of rotatable bonds is 3. The van der Waals surface area contributed by atoms with Gasteiger partial charge in [-0.1, -0.05) is 0 Å². The summed E-state index contributed by atoms with van der Waals surface area (Å²) in [4.78, 5) is 22.8. The van der Waals surface area contributed by atoms with E-state index in [0.717, 1.165) is 0 Å². The number of hydrogen-bond donors (Lipinski definition) is 2. The fourth-order valence-corrected chi connectivity index (χ4v) is 4.26. The molecule has 0 aromatic rings. The van der Waals surface area contributed by atoms with Gasteiger partial charge in [0.25, 0.3) is 0 Å². The molecule has 2 N–H and O–H groups in total. The van der Waals surface area contributed by atoms with Gasteiger partial charge >= 0.3 is 5.97 Å². The summed E-state index contributed by atoms with van der Waals surface area (Å²) in [5.41, 5.74) is -2.13. The fraction of sp³-hybridized carbons (Fsp3) is 0.800. The molecule has 1 saturated heterocycles. The van der Waals surface area contributed by atoms with Crippen LogP contribution in [0.4, 0.5) is 0 Å². The average Bonchev–Trinajstić information content (AvgIpc) is 2.90. The van der Waals surface area contributed by atoms with Crippen molar-refractivity contribution in [3.63, 3.8) is 0 Å². The zero-order valence-electron chi connectivity index (χ0n) is 9.52. The minimum atomic E-state index is -3.11. The fourth-order valence-electron chi connectivity index (χ4n) is 2.17. The molecular weight excluding hydrogens is 246 g/mol. The minimum Gasteiger partial charge on any atom is -0.480 e. The third-order valence-electron chi connectivity index (χ3n) is 3.51. The van der Waals surface area contributed by atoms with E-state index in [-0.39, 0.29) is 11.5 Å². The highest BCUT2D eigenvalue weighted by atomic mass is 32.2. The van der Waals surface area contributed by atoms with Gasteiger partial charge in [-0.25, -0.2) is 8.42 Å². The molecule has 1 saturated carbocycles. The highest BCUT2D eigenvalue weighted by Gasteiger charge is 2.58. The van der Waals surface area contributed by atoms with Crippen molar-refractivity contribution in [1.29, 1.82) is 0 Å². The van der Waals surface area contributed by atoms with E-state index < -0.39 is 32.7 Å². The van der Waals surface area contributed by atoms with Crippen molar-refractivity contribution in [2.45, 2.75) is 31.7 Å². The molecule has 2 aliphatic rings. The highest BCUT2D eigenvalue weighted by molar-refractivity contribution is 7.91. The molecule has 1 amide bonds. The van der Waals surface area contributed by atoms with Crippen LogP contribution in [-0.4, -0.2) is 42.4 Å². The van der Waals surface area contributed by atoms with E-state index >= 15 is 0 Å². The van der Waals surface area contributed by atoms with E-state index in [1.165, 1.54) is 0 Å². The number of carbonyl (C=O) groups is 2. The lowest BCUT2D eigenvalue weighted by Gasteiger charge is -2.25. The number of amides is 1. The van der Waals surface area contributed by atoms with E-state index in [4.69, 9.17) is 5.11 Å². The third kappa shape index (κ3) is 2.15. The molecule has 7 heteroatoms. The second-order valence-electron chi connectivity index (χ2n) is 5.24. The molecule has 17 heavy (non-hydrogen) atoms. The third-order valence-corrected chi connectivity index (χ3v) is 5.42. The molecule has 6 nitrogen and oxygen atoms in total. The molecule has 0 spiro atoms. The van der Waals surface area contributed by atoms with Crippen molar-refractivity contribution in [2.24, 2.45) is 5.41 Å². The predicted octanol–water partition coefficient (Wildman–Crippen LogP) is -0.455. The van der Waals surface area contributed by atoms with E-state index in [1.807, 2.05) is 0 Å². The SMILES string of the molecule is CC1(NC(=O)C2(C(=O)O)CC2)CCS(=O)(=O)C1. The van der Waals surface area contributed by atoms with Crippen LogP contribution in [0.3, 0.4) is 0 Å². The van der Waals surface area contributed by atoms with Crippen molar-refractivity contribution in [3.8, 4) is 0 Å². The summed E-state index contributed by atoms with van der Waals surface area (Å²) in [5, 5.41) is 11.6. The van der Waals surface area contributed by atoms with Crippen LogP contribution in [-0.2, 0) is 19.4 Å². The Morgan fingerprint density at radius 2 is 1.82 bits per heavy atom. The smallest absolute Gasteiger partial charge is 0.319 e. The first-order valence-corrected chi connectivity index (χ1v) is 7.28. The lowest BCUT2D eigenvalue weighted by Crippen LogP contribution is -2.51. The topological polar surface area (TPSA) is 101 Å². The molecule has 1 atom stereocenters. The number of carboxylic acids is 1. The van der Waals surface area contributed by atoms with Gasteiger partial charge in [0.15, 0.2) is 9.84 Å². The molecule has 2 fully saturated rings. The second-order valence-corrected chi connectivity index (χ2v) is 7.43. The number of carboxylic acid groups (broad SMARTS) is 1. The number of aliphatic carboxylic acids is 1. The lowest BCUT2D eigenvalue weighted by atomic mass is 9.99. The van der Waals surface area contributed by atoms with Crippen LogP contribution >= 0.6 is 0 Å². The van der Waals surface area contributed by atoms with Gasteiger partial charge in [0, 0.05) is 0 Å². The normalized spacial score (nSPS) is 33.0. The van der Waals surface area contributed by atoms with Crippen molar-refractivity contribution in [2.75, 3.05) is 11.5 Å². The first-order valence-electron chi connectivity index (χ1n) is 5.46. The molecule has 2 rings (SSSR count). The van der Waals surface area contributed by atoms with Crippen molar-refractivity contribution < 1.29 is 23.1 Å². The van der Waals surface area contributed by atoms with Crippen molar-refractivity contribution >= 4 is 21.7 Å². The van der Waals surface area contributed by atoms with Crippen LogP contribution in [0.5, 0.6) is 0 Å². The first kappa shape index (κ1) is 12.3. The van der Waals surface area contributed by atoms with Gasteiger partial charge < -0.3 is 10.4 Å². The van der Waals surface area contributed by atoms with Crippen LogP contribution in [0.25, 0.3) is 0 Å². The van der Waals surface area contributed by atoms with Crippen LogP contribution in [0, 0.1) is 5.41 Å². The molecule has 1 heterocycles. The van der Waals surface area contributed by atoms with E-state index in [1.54, 1.807) is 6.92 Å². The summed E-state index contributed by atoms with van der Waals surface area (Å²) in [7, 11) is -3.11. The Balaban J connectivity index is 2.08. The van der Waals surface area contributed by atoms with Crippen molar-refractivity contribution in [3.05, 3.63) is 0 Å². The number of sulfone groups is 1. The zero-order chi connectivity index (χ0) is 12.9. The summed E-state index contributed by atoms with van der Waals surface area (Å²) in [6.45, 7) is 1.65. The zero-order valence-corrected chi connectivity index (χ0v) is 10.3. The highest BCUT2D eigenvalue weighted by Crippen LogP contribution is 2.46. The quantitative estimate of drug-likeness (QED) is 0.670. The van der Waals surface area contributed by atoms with Gasteiger partial charge in [0.2, 0.25) is 5.91 Å². The van der Waals surface area contributed by atoms with E-state index in [0.29, 0.717) is 19.3 Å². The molecule has 1 unspecified atom stereocenters. The maximum absolute atomic E-state index is 11.9.